The van der Waals surface area contributed by atoms with Gasteiger partial charge >= 0.3 is 0 Å². The third-order valence-electron chi connectivity index (χ3n) is 3.54. The molecule has 0 radical (unpaired) electrons. The minimum absolute atomic E-state index is 0.324. The first-order valence-electron chi connectivity index (χ1n) is 6.82. The normalized spacial score (nSPS) is 16.7. The van der Waals surface area contributed by atoms with Gasteiger partial charge in [-0.25, -0.2) is 0 Å². The van der Waals surface area contributed by atoms with E-state index < -0.39 is 0 Å². The standard InChI is InChI=1S/C15H22N2O/c16-14-6-4-13(5-7-14)12-15(18)8-11-17-9-2-1-3-10-17/h4-7H,1-3,8-12,16H2. The van der Waals surface area contributed by atoms with E-state index in [-0.39, 0.29) is 0 Å². The van der Waals surface area contributed by atoms with Gasteiger partial charge in [0.1, 0.15) is 5.78 Å². The fourth-order valence-corrected chi connectivity index (χ4v) is 2.42. The number of hydrogen-bond acceptors (Lipinski definition) is 3. The Kier molecular flexibility index (Phi) is 4.76. The van der Waals surface area contributed by atoms with Crippen molar-refractivity contribution in [2.24, 2.45) is 0 Å². The number of ketones is 1. The number of Topliss-reactive ketones (excluding diaryl/α,β-unsaturated/α-hetero) is 1. The SMILES string of the molecule is Nc1ccc(CC(=O)CCN2CCCCC2)cc1. The number of anilines is 1. The first-order chi connectivity index (χ1) is 8.74. The van der Waals surface area contributed by atoms with E-state index in [0.29, 0.717) is 18.6 Å². The highest BCUT2D eigenvalue weighted by Gasteiger charge is 2.11. The van der Waals surface area contributed by atoms with E-state index in [9.17, 15) is 4.79 Å². The van der Waals surface area contributed by atoms with E-state index in [0.717, 1.165) is 30.9 Å². The van der Waals surface area contributed by atoms with E-state index in [1.807, 2.05) is 24.3 Å². The molecular formula is C15H22N2O. The number of nitrogens with zero attached hydrogens (tertiary/aromatic N) is 1. The highest BCUT2D eigenvalue weighted by atomic mass is 16.1. The number of nitrogens with two attached hydrogens (primary N) is 1. The Morgan fingerprint density at radius 1 is 1.11 bits per heavy atom. The number of carbonyl (C=O) groups excluding carboxylic acids is 1. The minimum Gasteiger partial charge on any atom is -0.399 e. The maximum absolute atomic E-state index is 11.9. The summed E-state index contributed by atoms with van der Waals surface area (Å²) >= 11 is 0. The van der Waals surface area contributed by atoms with Gasteiger partial charge in [0.05, 0.1) is 0 Å². The smallest absolute Gasteiger partial charge is 0.138 e. The van der Waals surface area contributed by atoms with Gasteiger partial charge in [-0.15, -0.1) is 0 Å². The lowest BCUT2D eigenvalue weighted by Gasteiger charge is -2.25. The molecule has 18 heavy (non-hydrogen) atoms. The lowest BCUT2D eigenvalue weighted by atomic mass is 10.1. The van der Waals surface area contributed by atoms with Crippen molar-refractivity contribution >= 4 is 11.5 Å². The van der Waals surface area contributed by atoms with Crippen molar-refractivity contribution in [1.82, 2.24) is 4.90 Å². The first kappa shape index (κ1) is 13.1. The third kappa shape index (κ3) is 4.15. The molecule has 0 aliphatic carbocycles. The molecule has 3 heteroatoms. The number of rotatable bonds is 5. The highest BCUT2D eigenvalue weighted by Crippen LogP contribution is 2.10. The molecule has 0 spiro atoms. The van der Waals surface area contributed by atoms with E-state index in [1.54, 1.807) is 0 Å². The second-order valence-electron chi connectivity index (χ2n) is 5.11. The van der Waals surface area contributed by atoms with E-state index in [2.05, 4.69) is 4.90 Å². The van der Waals surface area contributed by atoms with Gasteiger partial charge < -0.3 is 10.6 Å². The lowest BCUT2D eigenvalue weighted by Crippen LogP contribution is -2.31. The number of piperidine rings is 1. The van der Waals surface area contributed by atoms with Crippen LogP contribution in [0.5, 0.6) is 0 Å². The van der Waals surface area contributed by atoms with Crippen LogP contribution in [-0.2, 0) is 11.2 Å². The Morgan fingerprint density at radius 2 is 1.78 bits per heavy atom. The predicted molar refractivity (Wildman–Crippen MR) is 74.5 cm³/mol. The molecule has 2 N–H and O–H groups in total. The minimum atomic E-state index is 0.324. The van der Waals surface area contributed by atoms with E-state index in [4.69, 9.17) is 5.73 Å². The zero-order valence-electron chi connectivity index (χ0n) is 10.9. The Balaban J connectivity index is 1.73. The van der Waals surface area contributed by atoms with Crippen LogP contribution in [0.2, 0.25) is 0 Å². The van der Waals surface area contributed by atoms with E-state index in [1.165, 1.54) is 19.3 Å². The maximum atomic E-state index is 11.9. The van der Waals surface area contributed by atoms with Crippen molar-refractivity contribution in [2.45, 2.75) is 32.1 Å². The highest BCUT2D eigenvalue weighted by molar-refractivity contribution is 5.81. The van der Waals surface area contributed by atoms with Crippen LogP contribution in [0.3, 0.4) is 0 Å². The first-order valence-corrected chi connectivity index (χ1v) is 6.82. The van der Waals surface area contributed by atoms with Gasteiger partial charge in [-0.3, -0.25) is 4.79 Å². The predicted octanol–water partition coefficient (Wildman–Crippen LogP) is 2.26. The molecule has 98 valence electrons. The number of carbonyl (C=O) groups is 1. The fourth-order valence-electron chi connectivity index (χ4n) is 2.42. The largest absolute Gasteiger partial charge is 0.399 e. The van der Waals surface area contributed by atoms with Crippen LogP contribution in [0.4, 0.5) is 5.69 Å². The Morgan fingerprint density at radius 3 is 2.44 bits per heavy atom. The quantitative estimate of drug-likeness (QED) is 0.811. The summed E-state index contributed by atoms with van der Waals surface area (Å²) < 4.78 is 0. The second-order valence-corrected chi connectivity index (χ2v) is 5.11. The molecule has 1 aliphatic heterocycles. The van der Waals surface area contributed by atoms with E-state index >= 15 is 0 Å². The molecule has 1 saturated heterocycles. The van der Waals surface area contributed by atoms with Crippen LogP contribution < -0.4 is 5.73 Å². The van der Waals surface area contributed by atoms with Crippen molar-refractivity contribution in [2.75, 3.05) is 25.4 Å². The van der Waals surface area contributed by atoms with Gasteiger partial charge in [0, 0.05) is 25.1 Å². The second kappa shape index (κ2) is 6.55. The molecule has 0 unspecified atom stereocenters. The average molecular weight is 246 g/mol. The summed E-state index contributed by atoms with van der Waals surface area (Å²) in [5.74, 6) is 0.324. The molecule has 0 atom stereocenters. The summed E-state index contributed by atoms with van der Waals surface area (Å²) in [6, 6.07) is 7.59. The van der Waals surface area contributed by atoms with Crippen molar-refractivity contribution < 1.29 is 4.79 Å². The molecule has 1 aromatic carbocycles. The molecule has 0 saturated carbocycles. The zero-order valence-corrected chi connectivity index (χ0v) is 10.9. The summed E-state index contributed by atoms with van der Waals surface area (Å²) in [7, 11) is 0. The summed E-state index contributed by atoms with van der Waals surface area (Å²) in [5, 5.41) is 0. The number of nitrogen functional groups attached to an aromatic ring is 1. The molecule has 0 amide bonds. The van der Waals surface area contributed by atoms with Crippen molar-refractivity contribution in [3.8, 4) is 0 Å². The van der Waals surface area contributed by atoms with Gasteiger partial charge in [-0.05, 0) is 43.6 Å². The van der Waals surface area contributed by atoms with Crippen LogP contribution in [0.1, 0.15) is 31.2 Å². The van der Waals surface area contributed by atoms with Crippen molar-refractivity contribution in [3.63, 3.8) is 0 Å². The molecule has 3 nitrogen and oxygen atoms in total. The number of benzene rings is 1. The molecule has 1 fully saturated rings. The van der Waals surface area contributed by atoms with Crippen LogP contribution in [0, 0.1) is 0 Å². The molecule has 2 rings (SSSR count). The summed E-state index contributed by atoms with van der Waals surface area (Å²) in [5.41, 5.74) is 7.43. The molecule has 0 aromatic heterocycles. The zero-order chi connectivity index (χ0) is 12.8. The van der Waals surface area contributed by atoms with Crippen LogP contribution in [0.15, 0.2) is 24.3 Å². The summed E-state index contributed by atoms with van der Waals surface area (Å²) in [6.07, 6.45) is 5.12. The van der Waals surface area contributed by atoms with Crippen LogP contribution >= 0.6 is 0 Å². The van der Waals surface area contributed by atoms with Gasteiger partial charge in [-0.2, -0.15) is 0 Å². The van der Waals surface area contributed by atoms with Crippen molar-refractivity contribution in [1.29, 1.82) is 0 Å². The molecule has 1 heterocycles. The van der Waals surface area contributed by atoms with Gasteiger partial charge in [0.25, 0.3) is 0 Å². The Bertz CT molecular complexity index is 380. The van der Waals surface area contributed by atoms with Gasteiger partial charge in [0.2, 0.25) is 0 Å². The monoisotopic (exact) mass is 246 g/mol. The number of hydrogen-bond donors (Lipinski definition) is 1. The summed E-state index contributed by atoms with van der Waals surface area (Å²) in [4.78, 5) is 14.3. The third-order valence-corrected chi connectivity index (χ3v) is 3.54. The fraction of sp³-hybridized carbons (Fsp3) is 0.533. The van der Waals surface area contributed by atoms with Crippen LogP contribution in [-0.4, -0.2) is 30.3 Å². The number of likely N-dealkylation sites (tertiary alicyclic amines) is 1. The molecule has 1 aliphatic rings. The topological polar surface area (TPSA) is 46.3 Å². The lowest BCUT2D eigenvalue weighted by molar-refractivity contribution is -0.118. The maximum Gasteiger partial charge on any atom is 0.138 e. The Hall–Kier alpha value is -1.35. The van der Waals surface area contributed by atoms with Gasteiger partial charge in [0.15, 0.2) is 0 Å². The van der Waals surface area contributed by atoms with Crippen molar-refractivity contribution in [3.05, 3.63) is 29.8 Å². The Labute approximate surface area is 109 Å². The molecular weight excluding hydrogens is 224 g/mol. The summed E-state index contributed by atoms with van der Waals surface area (Å²) in [6.45, 7) is 3.25. The van der Waals surface area contributed by atoms with Crippen LogP contribution in [0.25, 0.3) is 0 Å². The molecule has 1 aromatic rings. The molecule has 0 bridgehead atoms. The average Bonchev–Trinajstić information content (AvgIpc) is 2.40. The van der Waals surface area contributed by atoms with Gasteiger partial charge in [-0.1, -0.05) is 18.6 Å².